The molecule has 2 aromatic carbocycles. The lowest BCUT2D eigenvalue weighted by molar-refractivity contribution is -0.384. The largest absolute Gasteiger partial charge is 0.449 e. The molecule has 0 N–H and O–H groups in total. The Morgan fingerprint density at radius 3 is 2.62 bits per heavy atom. The molecule has 1 heterocycles. The van der Waals surface area contributed by atoms with Gasteiger partial charge in [0.05, 0.1) is 23.7 Å². The van der Waals surface area contributed by atoms with E-state index in [1.54, 1.807) is 12.1 Å². The number of esters is 1. The summed E-state index contributed by atoms with van der Waals surface area (Å²) in [6.07, 6.45) is -1.13. The molecule has 1 aliphatic heterocycles. The molecule has 0 aliphatic carbocycles. The third kappa shape index (κ3) is 5.58. The highest BCUT2D eigenvalue weighted by Crippen LogP contribution is 2.30. The molecule has 1 aliphatic rings. The molecule has 1 amide bonds. The van der Waals surface area contributed by atoms with Crippen LogP contribution < -0.4 is 4.90 Å². The predicted molar refractivity (Wildman–Crippen MR) is 114 cm³/mol. The number of anilines is 1. The number of rotatable bonds is 7. The summed E-state index contributed by atoms with van der Waals surface area (Å²) in [5.74, 6) is -1.74. The van der Waals surface area contributed by atoms with Crippen molar-refractivity contribution < 1.29 is 28.4 Å². The quantitative estimate of drug-likeness (QED) is 0.367. The second-order valence-electron chi connectivity index (χ2n) is 7.43. The molecule has 1 fully saturated rings. The van der Waals surface area contributed by atoms with E-state index in [1.165, 1.54) is 43.1 Å². The summed E-state index contributed by atoms with van der Waals surface area (Å²) in [7, 11) is 1.51. The zero-order chi connectivity index (χ0) is 23.3. The Balaban J connectivity index is 1.68. The number of nitro benzene ring substituents is 1. The van der Waals surface area contributed by atoms with Gasteiger partial charge in [-0.2, -0.15) is 0 Å². The monoisotopic (exact) mass is 445 g/mol. The number of carbonyl (C=O) groups is 2. The Hall–Kier alpha value is -3.53. The number of amides is 1. The van der Waals surface area contributed by atoms with Gasteiger partial charge in [-0.15, -0.1) is 0 Å². The summed E-state index contributed by atoms with van der Waals surface area (Å²) >= 11 is 0. The van der Waals surface area contributed by atoms with Gasteiger partial charge in [0.2, 0.25) is 0 Å². The molecule has 32 heavy (non-hydrogen) atoms. The maximum Gasteiger partial charge on any atom is 0.339 e. The molecule has 0 spiro atoms. The van der Waals surface area contributed by atoms with Crippen molar-refractivity contribution in [2.24, 2.45) is 0 Å². The van der Waals surface area contributed by atoms with Crippen LogP contribution in [-0.4, -0.2) is 61.2 Å². The van der Waals surface area contributed by atoms with Crippen molar-refractivity contribution in [1.82, 2.24) is 4.90 Å². The van der Waals surface area contributed by atoms with E-state index in [0.717, 1.165) is 6.07 Å². The van der Waals surface area contributed by atoms with Crippen LogP contribution in [0.15, 0.2) is 42.5 Å². The lowest BCUT2D eigenvalue weighted by atomic mass is 10.1. The third-order valence-corrected chi connectivity index (χ3v) is 5.08. The van der Waals surface area contributed by atoms with Crippen molar-refractivity contribution in [3.8, 4) is 0 Å². The van der Waals surface area contributed by atoms with Crippen molar-refractivity contribution >= 4 is 23.3 Å². The molecular weight excluding hydrogens is 421 g/mol. The number of likely N-dealkylation sites (N-methyl/N-ethyl adjacent to an activating group) is 1. The Morgan fingerprint density at radius 2 is 1.97 bits per heavy atom. The molecule has 170 valence electrons. The molecule has 0 bridgehead atoms. The van der Waals surface area contributed by atoms with Crippen LogP contribution in [-0.2, 0) is 20.8 Å². The number of morpholine rings is 1. The first-order valence-corrected chi connectivity index (χ1v) is 10.1. The first-order chi connectivity index (χ1) is 15.3. The van der Waals surface area contributed by atoms with Crippen LogP contribution in [0.4, 0.5) is 15.8 Å². The van der Waals surface area contributed by atoms with E-state index in [1.807, 2.05) is 4.90 Å². The van der Waals surface area contributed by atoms with Crippen LogP contribution in [0.5, 0.6) is 0 Å². The highest BCUT2D eigenvalue weighted by Gasteiger charge is 2.26. The maximum absolute atomic E-state index is 13.3. The number of carbonyl (C=O) groups excluding carboxylic acids is 2. The summed E-state index contributed by atoms with van der Waals surface area (Å²) in [6.45, 7) is 3.49. The minimum absolute atomic E-state index is 0.0267. The first-order valence-electron chi connectivity index (χ1n) is 10.1. The van der Waals surface area contributed by atoms with Gasteiger partial charge >= 0.3 is 5.97 Å². The van der Waals surface area contributed by atoms with Crippen LogP contribution in [0.3, 0.4) is 0 Å². The van der Waals surface area contributed by atoms with E-state index in [2.05, 4.69) is 0 Å². The fraction of sp³-hybridized carbons (Fsp3) is 0.364. The van der Waals surface area contributed by atoms with Crippen molar-refractivity contribution in [2.75, 3.05) is 38.3 Å². The molecule has 0 radical (unpaired) electrons. The van der Waals surface area contributed by atoms with Gasteiger partial charge in [-0.05, 0) is 36.8 Å². The standard InChI is InChI=1S/C22H24FN3O6/c1-15(21(27)24(2)14-16-4-3-5-18(23)12-16)32-22(28)17-6-7-19(20(13-17)26(29)30)25-8-10-31-11-9-25/h3-7,12-13,15H,8-11,14H2,1-2H3/t15-/m1/s1. The van der Waals surface area contributed by atoms with Crippen molar-refractivity contribution in [3.05, 3.63) is 69.5 Å². The molecule has 0 unspecified atom stereocenters. The van der Waals surface area contributed by atoms with Gasteiger partial charge in [-0.3, -0.25) is 14.9 Å². The minimum Gasteiger partial charge on any atom is -0.449 e. The fourth-order valence-corrected chi connectivity index (χ4v) is 3.44. The van der Waals surface area contributed by atoms with E-state index < -0.39 is 28.7 Å². The summed E-state index contributed by atoms with van der Waals surface area (Å²) in [4.78, 5) is 39.3. The van der Waals surface area contributed by atoms with Crippen LogP contribution in [0.2, 0.25) is 0 Å². The van der Waals surface area contributed by atoms with Gasteiger partial charge in [0, 0.05) is 32.7 Å². The van der Waals surface area contributed by atoms with Crippen LogP contribution in [0.1, 0.15) is 22.8 Å². The van der Waals surface area contributed by atoms with E-state index in [9.17, 15) is 24.1 Å². The van der Waals surface area contributed by atoms with Gasteiger partial charge in [-0.1, -0.05) is 12.1 Å². The summed E-state index contributed by atoms with van der Waals surface area (Å²) in [6, 6.07) is 9.94. The second-order valence-corrected chi connectivity index (χ2v) is 7.43. The molecule has 9 nitrogen and oxygen atoms in total. The summed E-state index contributed by atoms with van der Waals surface area (Å²) < 4.78 is 23.9. The van der Waals surface area contributed by atoms with E-state index in [0.29, 0.717) is 37.6 Å². The van der Waals surface area contributed by atoms with Crippen LogP contribution in [0.25, 0.3) is 0 Å². The maximum atomic E-state index is 13.3. The molecule has 3 rings (SSSR count). The molecule has 1 saturated heterocycles. The SMILES string of the molecule is C[C@@H](OC(=O)c1ccc(N2CCOCC2)c([N+](=O)[O-])c1)C(=O)N(C)Cc1cccc(F)c1. The highest BCUT2D eigenvalue weighted by atomic mass is 19.1. The lowest BCUT2D eigenvalue weighted by Crippen LogP contribution is -2.37. The Kier molecular flexibility index (Phi) is 7.37. The molecule has 10 heteroatoms. The average Bonchev–Trinajstić information content (AvgIpc) is 2.78. The van der Waals surface area contributed by atoms with Gasteiger partial charge < -0.3 is 19.3 Å². The average molecular weight is 445 g/mol. The van der Waals surface area contributed by atoms with Crippen LogP contribution in [0, 0.1) is 15.9 Å². The lowest BCUT2D eigenvalue weighted by Gasteiger charge is -2.28. The van der Waals surface area contributed by atoms with E-state index in [-0.39, 0.29) is 17.8 Å². The zero-order valence-corrected chi connectivity index (χ0v) is 17.8. The number of nitrogens with zero attached hydrogens (tertiary/aromatic N) is 3. The van der Waals surface area contributed by atoms with Gasteiger partial charge in [0.15, 0.2) is 6.10 Å². The molecule has 2 aromatic rings. The second kappa shape index (κ2) is 10.2. The Morgan fingerprint density at radius 1 is 1.25 bits per heavy atom. The molecule has 1 atom stereocenters. The number of nitro groups is 1. The third-order valence-electron chi connectivity index (χ3n) is 5.08. The Labute approximate surface area is 184 Å². The summed E-state index contributed by atoms with van der Waals surface area (Å²) in [5.41, 5.74) is 0.743. The van der Waals surface area contributed by atoms with Crippen molar-refractivity contribution in [1.29, 1.82) is 0 Å². The number of hydrogen-bond acceptors (Lipinski definition) is 7. The normalized spacial score (nSPS) is 14.5. The first kappa shape index (κ1) is 23.1. The van der Waals surface area contributed by atoms with Crippen LogP contribution >= 0.6 is 0 Å². The summed E-state index contributed by atoms with van der Waals surface area (Å²) in [5, 5.41) is 11.6. The number of benzene rings is 2. The molecule has 0 aromatic heterocycles. The molecule has 0 saturated carbocycles. The van der Waals surface area contributed by atoms with E-state index >= 15 is 0 Å². The van der Waals surface area contributed by atoms with Gasteiger partial charge in [0.1, 0.15) is 11.5 Å². The van der Waals surface area contributed by atoms with Crippen molar-refractivity contribution in [3.63, 3.8) is 0 Å². The number of hydrogen-bond donors (Lipinski definition) is 0. The van der Waals surface area contributed by atoms with Crippen molar-refractivity contribution in [2.45, 2.75) is 19.6 Å². The smallest absolute Gasteiger partial charge is 0.339 e. The minimum atomic E-state index is -1.13. The topological polar surface area (TPSA) is 102 Å². The zero-order valence-electron chi connectivity index (χ0n) is 17.8. The molecular formula is C22H24FN3O6. The van der Waals surface area contributed by atoms with Gasteiger partial charge in [0.25, 0.3) is 11.6 Å². The van der Waals surface area contributed by atoms with E-state index in [4.69, 9.17) is 9.47 Å². The fourth-order valence-electron chi connectivity index (χ4n) is 3.44. The number of ether oxygens (including phenoxy) is 2. The number of halogens is 1. The Bertz CT molecular complexity index is 1010. The predicted octanol–water partition coefficient (Wildman–Crippen LogP) is 2.77. The highest BCUT2D eigenvalue weighted by molar-refractivity contribution is 5.93. The van der Waals surface area contributed by atoms with Gasteiger partial charge in [-0.25, -0.2) is 9.18 Å².